The van der Waals surface area contributed by atoms with E-state index in [1.165, 1.54) is 4.88 Å². The van der Waals surface area contributed by atoms with Crippen LogP contribution in [0.5, 0.6) is 5.88 Å². The number of thiazole rings is 1. The van der Waals surface area contributed by atoms with Crippen LogP contribution in [0.2, 0.25) is 0 Å². The fourth-order valence-corrected chi connectivity index (χ4v) is 2.57. The molecule has 0 radical (unpaired) electrons. The third-order valence-corrected chi connectivity index (χ3v) is 4.00. The van der Waals surface area contributed by atoms with Crippen LogP contribution in [0.3, 0.4) is 0 Å². The van der Waals surface area contributed by atoms with E-state index in [-0.39, 0.29) is 0 Å². The lowest BCUT2D eigenvalue weighted by atomic mass is 10.3. The van der Waals surface area contributed by atoms with Crippen LogP contribution in [-0.2, 0) is 6.42 Å². The number of hydrogen-bond donors (Lipinski definition) is 1. The fraction of sp³-hybridized carbons (Fsp3) is 0.417. The molecule has 0 saturated heterocycles. The van der Waals surface area contributed by atoms with E-state index in [1.807, 2.05) is 19.4 Å². The maximum Gasteiger partial charge on any atom is 0.232 e. The zero-order chi connectivity index (χ0) is 13.7. The van der Waals surface area contributed by atoms with Gasteiger partial charge in [0.1, 0.15) is 0 Å². The fourth-order valence-electron chi connectivity index (χ4n) is 1.50. The van der Waals surface area contributed by atoms with Crippen molar-refractivity contribution in [3.8, 4) is 5.88 Å². The number of rotatable bonds is 6. The van der Waals surface area contributed by atoms with E-state index in [9.17, 15) is 0 Å². The highest BCUT2D eigenvalue weighted by atomic mass is 79.9. The van der Waals surface area contributed by atoms with Gasteiger partial charge in [-0.2, -0.15) is 4.98 Å². The molecular formula is C12H15BrN4OS. The van der Waals surface area contributed by atoms with Crippen molar-refractivity contribution in [2.75, 3.05) is 18.5 Å². The Labute approximate surface area is 124 Å². The Morgan fingerprint density at radius 1 is 1.42 bits per heavy atom. The monoisotopic (exact) mass is 342 g/mol. The van der Waals surface area contributed by atoms with Gasteiger partial charge in [0.25, 0.3) is 0 Å². The molecule has 102 valence electrons. The zero-order valence-electron chi connectivity index (χ0n) is 10.8. The standard InChI is InChI=1S/C12H15BrN4OS/c1-3-14-12-15-6-9(13)11(17-12)18-5-4-10-8(2)16-7-19-10/h6-7H,3-5H2,1-2H3,(H,14,15,17). The molecule has 19 heavy (non-hydrogen) atoms. The van der Waals surface area contributed by atoms with E-state index in [0.717, 1.165) is 23.1 Å². The molecule has 0 fully saturated rings. The van der Waals surface area contributed by atoms with Gasteiger partial charge in [-0.05, 0) is 29.8 Å². The van der Waals surface area contributed by atoms with Crippen LogP contribution >= 0.6 is 27.3 Å². The van der Waals surface area contributed by atoms with Gasteiger partial charge >= 0.3 is 0 Å². The lowest BCUT2D eigenvalue weighted by Gasteiger charge is -2.08. The van der Waals surface area contributed by atoms with Crippen molar-refractivity contribution in [1.29, 1.82) is 0 Å². The number of nitrogens with zero attached hydrogens (tertiary/aromatic N) is 3. The minimum absolute atomic E-state index is 0.563. The van der Waals surface area contributed by atoms with Gasteiger partial charge in [-0.3, -0.25) is 0 Å². The zero-order valence-corrected chi connectivity index (χ0v) is 13.2. The molecule has 2 heterocycles. The quantitative estimate of drug-likeness (QED) is 0.874. The third kappa shape index (κ3) is 3.87. The second kappa shape index (κ2) is 6.81. The topological polar surface area (TPSA) is 59.9 Å². The van der Waals surface area contributed by atoms with E-state index in [0.29, 0.717) is 18.4 Å². The second-order valence-electron chi connectivity index (χ2n) is 3.84. The van der Waals surface area contributed by atoms with E-state index in [1.54, 1.807) is 17.5 Å². The van der Waals surface area contributed by atoms with Crippen molar-refractivity contribution in [3.05, 3.63) is 26.8 Å². The molecule has 0 aliphatic rings. The molecule has 0 aromatic carbocycles. The van der Waals surface area contributed by atoms with Gasteiger partial charge in [-0.1, -0.05) is 0 Å². The summed E-state index contributed by atoms with van der Waals surface area (Å²) in [6.07, 6.45) is 2.53. The molecule has 7 heteroatoms. The summed E-state index contributed by atoms with van der Waals surface area (Å²) in [4.78, 5) is 13.9. The molecule has 2 aromatic rings. The molecule has 2 rings (SSSR count). The van der Waals surface area contributed by atoms with Crippen LogP contribution in [0, 0.1) is 6.92 Å². The predicted octanol–water partition coefficient (Wildman–Crippen LogP) is 3.06. The summed E-state index contributed by atoms with van der Waals surface area (Å²) in [5.41, 5.74) is 2.93. The normalized spacial score (nSPS) is 10.5. The van der Waals surface area contributed by atoms with Crippen LogP contribution in [-0.4, -0.2) is 28.1 Å². The maximum absolute atomic E-state index is 5.69. The minimum atomic E-state index is 0.563. The van der Waals surface area contributed by atoms with Crippen molar-refractivity contribution in [2.45, 2.75) is 20.3 Å². The Kier molecular flexibility index (Phi) is 5.09. The summed E-state index contributed by atoms with van der Waals surface area (Å²) < 4.78 is 6.45. The van der Waals surface area contributed by atoms with Gasteiger partial charge in [0.15, 0.2) is 0 Å². The van der Waals surface area contributed by atoms with Gasteiger partial charge < -0.3 is 10.1 Å². The van der Waals surface area contributed by atoms with E-state index in [2.05, 4.69) is 36.2 Å². The number of aryl methyl sites for hydroxylation is 1. The summed E-state index contributed by atoms with van der Waals surface area (Å²) in [6.45, 7) is 5.36. The van der Waals surface area contributed by atoms with Crippen LogP contribution in [0.15, 0.2) is 16.2 Å². The molecule has 0 saturated carbocycles. The van der Waals surface area contributed by atoms with Gasteiger partial charge in [0, 0.05) is 17.8 Å². The second-order valence-corrected chi connectivity index (χ2v) is 5.63. The van der Waals surface area contributed by atoms with E-state index >= 15 is 0 Å². The number of halogens is 1. The molecule has 0 aliphatic heterocycles. The summed E-state index contributed by atoms with van der Waals surface area (Å²) in [7, 11) is 0. The first kappa shape index (κ1) is 14.2. The highest BCUT2D eigenvalue weighted by molar-refractivity contribution is 9.10. The molecule has 0 aliphatic carbocycles. The molecular weight excluding hydrogens is 328 g/mol. The van der Waals surface area contributed by atoms with Crippen LogP contribution in [0.25, 0.3) is 0 Å². The molecule has 5 nitrogen and oxygen atoms in total. The van der Waals surface area contributed by atoms with Crippen molar-refractivity contribution >= 4 is 33.2 Å². The third-order valence-electron chi connectivity index (χ3n) is 2.46. The Hall–Kier alpha value is -1.21. The Bertz CT molecular complexity index is 546. The first-order valence-electron chi connectivity index (χ1n) is 5.99. The van der Waals surface area contributed by atoms with Crippen LogP contribution in [0.1, 0.15) is 17.5 Å². The molecule has 0 spiro atoms. The average molecular weight is 343 g/mol. The average Bonchev–Trinajstić information content (AvgIpc) is 2.79. The van der Waals surface area contributed by atoms with Crippen molar-refractivity contribution in [2.24, 2.45) is 0 Å². The molecule has 0 bridgehead atoms. The van der Waals surface area contributed by atoms with Gasteiger partial charge in [0.2, 0.25) is 11.8 Å². The first-order chi connectivity index (χ1) is 9.20. The number of hydrogen-bond acceptors (Lipinski definition) is 6. The summed E-state index contributed by atoms with van der Waals surface area (Å²) in [6, 6.07) is 0. The highest BCUT2D eigenvalue weighted by Crippen LogP contribution is 2.23. The van der Waals surface area contributed by atoms with Crippen molar-refractivity contribution in [3.63, 3.8) is 0 Å². The first-order valence-corrected chi connectivity index (χ1v) is 7.66. The van der Waals surface area contributed by atoms with Gasteiger partial charge in [0.05, 0.1) is 28.5 Å². The number of anilines is 1. The molecule has 0 unspecified atom stereocenters. The highest BCUT2D eigenvalue weighted by Gasteiger charge is 2.07. The Balaban J connectivity index is 1.95. The van der Waals surface area contributed by atoms with E-state index < -0.39 is 0 Å². The lowest BCUT2D eigenvalue weighted by Crippen LogP contribution is -2.07. The number of ether oxygens (including phenoxy) is 1. The van der Waals surface area contributed by atoms with Crippen molar-refractivity contribution < 1.29 is 4.74 Å². The number of aromatic nitrogens is 3. The molecule has 0 atom stereocenters. The van der Waals surface area contributed by atoms with Gasteiger partial charge in [-0.25, -0.2) is 9.97 Å². The van der Waals surface area contributed by atoms with Gasteiger partial charge in [-0.15, -0.1) is 11.3 Å². The molecule has 1 N–H and O–H groups in total. The molecule has 2 aromatic heterocycles. The summed E-state index contributed by atoms with van der Waals surface area (Å²) in [5, 5.41) is 3.06. The van der Waals surface area contributed by atoms with Crippen LogP contribution in [0.4, 0.5) is 5.95 Å². The smallest absolute Gasteiger partial charge is 0.232 e. The Morgan fingerprint density at radius 2 is 2.26 bits per heavy atom. The SMILES string of the molecule is CCNc1ncc(Br)c(OCCc2scnc2C)n1. The summed E-state index contributed by atoms with van der Waals surface area (Å²) >= 11 is 5.04. The molecule has 0 amide bonds. The van der Waals surface area contributed by atoms with Crippen molar-refractivity contribution in [1.82, 2.24) is 15.0 Å². The van der Waals surface area contributed by atoms with E-state index in [4.69, 9.17) is 4.74 Å². The Morgan fingerprint density at radius 3 is 2.95 bits per heavy atom. The minimum Gasteiger partial charge on any atom is -0.476 e. The summed E-state index contributed by atoms with van der Waals surface area (Å²) in [5.74, 6) is 1.14. The number of nitrogens with one attached hydrogen (secondary N) is 1. The predicted molar refractivity (Wildman–Crippen MR) is 79.9 cm³/mol. The van der Waals surface area contributed by atoms with Crippen LogP contribution < -0.4 is 10.1 Å². The lowest BCUT2D eigenvalue weighted by molar-refractivity contribution is 0.308. The maximum atomic E-state index is 5.69. The largest absolute Gasteiger partial charge is 0.476 e.